The zero-order valence-electron chi connectivity index (χ0n) is 8.77. The summed E-state index contributed by atoms with van der Waals surface area (Å²) in [5.74, 6) is -0.547. The average molecular weight is 207 g/mol. The Bertz CT molecular complexity index is 348. The molecule has 1 amide bonds. The van der Waals surface area contributed by atoms with Gasteiger partial charge in [-0.2, -0.15) is 5.06 Å². The molecule has 1 aromatic rings. The van der Waals surface area contributed by atoms with E-state index in [0.717, 1.165) is 5.06 Å². The van der Waals surface area contributed by atoms with E-state index in [0.29, 0.717) is 5.69 Å². The molecule has 4 nitrogen and oxygen atoms in total. The maximum absolute atomic E-state index is 11.6. The van der Waals surface area contributed by atoms with Crippen molar-refractivity contribution in [2.45, 2.75) is 13.3 Å². The monoisotopic (exact) mass is 207 g/mol. The highest BCUT2D eigenvalue weighted by atomic mass is 16.7. The molecule has 1 aromatic carbocycles. The molecule has 0 saturated heterocycles. The molecule has 0 saturated carbocycles. The lowest BCUT2D eigenvalue weighted by Crippen LogP contribution is -2.30. The highest BCUT2D eigenvalue weighted by molar-refractivity contribution is 6.03. The van der Waals surface area contributed by atoms with Gasteiger partial charge in [-0.05, 0) is 19.1 Å². The Morgan fingerprint density at radius 1 is 1.27 bits per heavy atom. The van der Waals surface area contributed by atoms with E-state index in [1.165, 1.54) is 14.0 Å². The van der Waals surface area contributed by atoms with Gasteiger partial charge in [-0.25, -0.2) is 0 Å². The van der Waals surface area contributed by atoms with Gasteiger partial charge in [0.2, 0.25) is 0 Å². The summed E-state index contributed by atoms with van der Waals surface area (Å²) in [6, 6.07) is 8.90. The van der Waals surface area contributed by atoms with Crippen molar-refractivity contribution >= 4 is 17.4 Å². The zero-order chi connectivity index (χ0) is 11.3. The molecular weight excluding hydrogens is 194 g/mol. The van der Waals surface area contributed by atoms with Crippen LogP contribution >= 0.6 is 0 Å². The van der Waals surface area contributed by atoms with Gasteiger partial charge in [0.05, 0.1) is 19.2 Å². The number of carbonyl (C=O) groups excluding carboxylic acids is 2. The standard InChI is InChI=1S/C11H13NO3/c1-9(13)8-11(14)12(15-2)10-6-4-3-5-7-10/h3-7H,8H2,1-2H3. The van der Waals surface area contributed by atoms with Crippen molar-refractivity contribution in [2.24, 2.45) is 0 Å². The van der Waals surface area contributed by atoms with E-state index in [1.54, 1.807) is 24.3 Å². The lowest BCUT2D eigenvalue weighted by atomic mass is 10.2. The van der Waals surface area contributed by atoms with Crippen LogP contribution in [0.2, 0.25) is 0 Å². The molecule has 0 aliphatic heterocycles. The van der Waals surface area contributed by atoms with Crippen LogP contribution in [0.3, 0.4) is 0 Å². The summed E-state index contributed by atoms with van der Waals surface area (Å²) in [4.78, 5) is 27.3. The summed E-state index contributed by atoms with van der Waals surface area (Å²) >= 11 is 0. The average Bonchev–Trinajstić information content (AvgIpc) is 2.19. The van der Waals surface area contributed by atoms with Gasteiger partial charge in [-0.3, -0.25) is 14.4 Å². The van der Waals surface area contributed by atoms with Crippen molar-refractivity contribution in [1.29, 1.82) is 0 Å². The van der Waals surface area contributed by atoms with Crippen LogP contribution in [0.15, 0.2) is 30.3 Å². The number of amides is 1. The minimum absolute atomic E-state index is 0.150. The number of anilines is 1. The van der Waals surface area contributed by atoms with Crippen molar-refractivity contribution in [3.05, 3.63) is 30.3 Å². The highest BCUT2D eigenvalue weighted by Gasteiger charge is 2.16. The first kappa shape index (κ1) is 11.4. The molecule has 0 bridgehead atoms. The molecule has 0 fully saturated rings. The number of hydrogen-bond donors (Lipinski definition) is 0. The summed E-state index contributed by atoms with van der Waals surface area (Å²) in [5.41, 5.74) is 0.617. The van der Waals surface area contributed by atoms with Crippen molar-refractivity contribution in [3.8, 4) is 0 Å². The molecule has 0 heterocycles. The second-order valence-corrected chi connectivity index (χ2v) is 3.09. The normalized spacial score (nSPS) is 9.73. The van der Waals surface area contributed by atoms with Crippen molar-refractivity contribution in [1.82, 2.24) is 0 Å². The van der Waals surface area contributed by atoms with Crippen LogP contribution in [-0.4, -0.2) is 18.8 Å². The fourth-order valence-corrected chi connectivity index (χ4v) is 1.20. The number of benzene rings is 1. The van der Waals surface area contributed by atoms with E-state index in [-0.39, 0.29) is 18.1 Å². The van der Waals surface area contributed by atoms with Crippen LogP contribution in [0.4, 0.5) is 5.69 Å². The van der Waals surface area contributed by atoms with Gasteiger partial charge >= 0.3 is 0 Å². The van der Waals surface area contributed by atoms with E-state index in [4.69, 9.17) is 4.84 Å². The maximum Gasteiger partial charge on any atom is 0.258 e. The Morgan fingerprint density at radius 3 is 2.33 bits per heavy atom. The van der Waals surface area contributed by atoms with E-state index < -0.39 is 0 Å². The number of hydrogen-bond acceptors (Lipinski definition) is 3. The SMILES string of the molecule is CON(C(=O)CC(C)=O)c1ccccc1. The largest absolute Gasteiger partial charge is 0.299 e. The summed E-state index contributed by atoms with van der Waals surface area (Å²) in [6.07, 6.45) is -0.150. The first-order chi connectivity index (χ1) is 7.15. The molecule has 1 rings (SSSR count). The minimum atomic E-state index is -0.365. The van der Waals surface area contributed by atoms with E-state index >= 15 is 0 Å². The zero-order valence-corrected chi connectivity index (χ0v) is 8.77. The van der Waals surface area contributed by atoms with E-state index in [1.807, 2.05) is 6.07 Å². The van der Waals surface area contributed by atoms with Crippen molar-refractivity contribution in [2.75, 3.05) is 12.2 Å². The van der Waals surface area contributed by atoms with Gasteiger partial charge in [0.15, 0.2) is 0 Å². The van der Waals surface area contributed by atoms with Crippen LogP contribution < -0.4 is 5.06 Å². The lowest BCUT2D eigenvalue weighted by molar-refractivity contribution is -0.129. The van der Waals surface area contributed by atoms with Crippen LogP contribution in [-0.2, 0) is 14.4 Å². The minimum Gasteiger partial charge on any atom is -0.299 e. The fraction of sp³-hybridized carbons (Fsp3) is 0.273. The molecule has 80 valence electrons. The number of ketones is 1. The first-order valence-electron chi connectivity index (χ1n) is 4.56. The summed E-state index contributed by atoms with van der Waals surface area (Å²) < 4.78 is 0. The molecular formula is C11H13NO3. The third kappa shape index (κ3) is 3.18. The first-order valence-corrected chi connectivity index (χ1v) is 4.56. The van der Waals surface area contributed by atoms with Crippen LogP contribution in [0.25, 0.3) is 0 Å². The van der Waals surface area contributed by atoms with Gasteiger partial charge in [-0.15, -0.1) is 0 Å². The molecule has 0 atom stereocenters. The third-order valence-corrected chi connectivity index (χ3v) is 1.80. The highest BCUT2D eigenvalue weighted by Crippen LogP contribution is 2.14. The fourth-order valence-electron chi connectivity index (χ4n) is 1.20. The van der Waals surface area contributed by atoms with Gasteiger partial charge in [0, 0.05) is 0 Å². The molecule has 0 unspecified atom stereocenters. The summed E-state index contributed by atoms with van der Waals surface area (Å²) in [7, 11) is 1.39. The van der Waals surface area contributed by atoms with Crippen LogP contribution in [0.5, 0.6) is 0 Å². The molecule has 4 heteroatoms. The van der Waals surface area contributed by atoms with E-state index in [9.17, 15) is 9.59 Å². The number of rotatable bonds is 4. The number of nitrogens with zero attached hydrogens (tertiary/aromatic N) is 1. The summed E-state index contributed by atoms with van der Waals surface area (Å²) in [6.45, 7) is 1.37. The van der Waals surface area contributed by atoms with Crippen LogP contribution in [0, 0.1) is 0 Å². The van der Waals surface area contributed by atoms with Gasteiger partial charge in [-0.1, -0.05) is 18.2 Å². The molecule has 0 aliphatic carbocycles. The number of carbonyl (C=O) groups is 2. The number of Topliss-reactive ketones (excluding diaryl/α,β-unsaturated/α-hetero) is 1. The Balaban J connectivity index is 2.80. The molecule has 0 aromatic heterocycles. The summed E-state index contributed by atoms with van der Waals surface area (Å²) in [5, 5.41) is 1.11. The Labute approximate surface area is 88.4 Å². The molecule has 15 heavy (non-hydrogen) atoms. The Hall–Kier alpha value is -1.68. The molecule has 0 spiro atoms. The smallest absolute Gasteiger partial charge is 0.258 e. The molecule has 0 radical (unpaired) electrons. The number of hydroxylamine groups is 1. The van der Waals surface area contributed by atoms with Gasteiger partial charge in [0.25, 0.3) is 5.91 Å². The third-order valence-electron chi connectivity index (χ3n) is 1.80. The predicted molar refractivity (Wildman–Crippen MR) is 56.2 cm³/mol. The lowest BCUT2D eigenvalue weighted by Gasteiger charge is -2.18. The Kier molecular flexibility index (Phi) is 4.00. The van der Waals surface area contributed by atoms with Gasteiger partial charge < -0.3 is 0 Å². The number of para-hydroxylation sites is 1. The van der Waals surface area contributed by atoms with Crippen molar-refractivity contribution in [3.63, 3.8) is 0 Å². The van der Waals surface area contributed by atoms with Gasteiger partial charge in [0.1, 0.15) is 5.78 Å². The molecule has 0 aliphatic rings. The maximum atomic E-state index is 11.6. The van der Waals surface area contributed by atoms with E-state index in [2.05, 4.69) is 0 Å². The molecule has 0 N–H and O–H groups in total. The Morgan fingerprint density at radius 2 is 1.87 bits per heavy atom. The second kappa shape index (κ2) is 5.26. The van der Waals surface area contributed by atoms with Crippen LogP contribution in [0.1, 0.15) is 13.3 Å². The topological polar surface area (TPSA) is 46.6 Å². The quantitative estimate of drug-likeness (QED) is 0.556. The van der Waals surface area contributed by atoms with Crippen molar-refractivity contribution < 1.29 is 14.4 Å². The predicted octanol–water partition coefficient (Wildman–Crippen LogP) is 1.56. The second-order valence-electron chi connectivity index (χ2n) is 3.09.